The topological polar surface area (TPSA) is 80.0 Å². The lowest BCUT2D eigenvalue weighted by Gasteiger charge is -2.07. The fourth-order valence-corrected chi connectivity index (χ4v) is 2.92. The average Bonchev–Trinajstić information content (AvgIpc) is 3.21. The fourth-order valence-electron chi connectivity index (χ4n) is 2.51. The summed E-state index contributed by atoms with van der Waals surface area (Å²) < 4.78 is 27.0. The van der Waals surface area contributed by atoms with Crippen molar-refractivity contribution >= 4 is 21.9 Å². The zero-order chi connectivity index (χ0) is 20.1. The molecule has 0 spiro atoms. The Morgan fingerprint density at radius 2 is 1.79 bits per heavy atom. The van der Waals surface area contributed by atoms with Gasteiger partial charge in [-0.1, -0.05) is 5.16 Å². The molecule has 1 heterocycles. The number of rotatable bonds is 7. The lowest BCUT2D eigenvalue weighted by molar-refractivity contribution is 0.0463. The molecule has 0 saturated carbocycles. The molecule has 0 atom stereocenters. The standard InChI is InChI=1S/C20H18BrNO6/c1-24-14-5-6-16(21)15(10-14)20(23)27-11-13-9-18(28-22-13)12-4-7-17(25-2)19(8-12)26-3/h4-10H,11H2,1-3H3. The van der Waals surface area contributed by atoms with Gasteiger partial charge in [-0.05, 0) is 52.3 Å². The van der Waals surface area contributed by atoms with Gasteiger partial charge in [0.25, 0.3) is 0 Å². The van der Waals surface area contributed by atoms with Gasteiger partial charge in [0.2, 0.25) is 0 Å². The Balaban J connectivity index is 1.71. The van der Waals surface area contributed by atoms with E-state index in [2.05, 4.69) is 21.1 Å². The van der Waals surface area contributed by atoms with E-state index in [4.69, 9.17) is 23.5 Å². The van der Waals surface area contributed by atoms with Crippen molar-refractivity contribution in [1.82, 2.24) is 5.16 Å². The number of methoxy groups -OCH3 is 3. The third-order valence-corrected chi connectivity index (χ3v) is 4.66. The zero-order valence-electron chi connectivity index (χ0n) is 15.5. The molecule has 0 unspecified atom stereocenters. The number of carbonyl (C=O) groups excluding carboxylic acids is 1. The summed E-state index contributed by atoms with van der Waals surface area (Å²) in [6.45, 7) is -0.0285. The fraction of sp³-hybridized carbons (Fsp3) is 0.200. The van der Waals surface area contributed by atoms with Crippen LogP contribution >= 0.6 is 15.9 Å². The Labute approximate surface area is 170 Å². The predicted octanol–water partition coefficient (Wildman–Crippen LogP) is 4.49. The molecule has 1 aromatic heterocycles. The third-order valence-electron chi connectivity index (χ3n) is 3.97. The smallest absolute Gasteiger partial charge is 0.339 e. The Hall–Kier alpha value is -3.00. The summed E-state index contributed by atoms with van der Waals surface area (Å²) in [4.78, 5) is 12.3. The first kappa shape index (κ1) is 19.8. The SMILES string of the molecule is COc1ccc(Br)c(C(=O)OCc2cc(-c3ccc(OC)c(OC)c3)on2)c1. The molecule has 3 rings (SSSR count). The lowest BCUT2D eigenvalue weighted by atomic mass is 10.1. The van der Waals surface area contributed by atoms with Gasteiger partial charge in [0, 0.05) is 16.1 Å². The molecule has 0 N–H and O–H groups in total. The van der Waals surface area contributed by atoms with Gasteiger partial charge in [0.05, 0.1) is 26.9 Å². The first-order chi connectivity index (χ1) is 13.5. The average molecular weight is 448 g/mol. The van der Waals surface area contributed by atoms with Crippen LogP contribution in [-0.2, 0) is 11.3 Å². The molecule has 3 aromatic rings. The summed E-state index contributed by atoms with van der Waals surface area (Å²) in [5.74, 6) is 1.78. The first-order valence-electron chi connectivity index (χ1n) is 8.24. The number of aromatic nitrogens is 1. The van der Waals surface area contributed by atoms with Crippen LogP contribution in [0, 0.1) is 0 Å². The first-order valence-corrected chi connectivity index (χ1v) is 9.03. The summed E-state index contributed by atoms with van der Waals surface area (Å²) in [6, 6.07) is 12.2. The van der Waals surface area contributed by atoms with Crippen LogP contribution in [0.1, 0.15) is 16.1 Å². The number of esters is 1. The Morgan fingerprint density at radius 3 is 2.50 bits per heavy atom. The van der Waals surface area contributed by atoms with E-state index in [0.717, 1.165) is 5.56 Å². The molecule has 0 aliphatic heterocycles. The highest BCUT2D eigenvalue weighted by atomic mass is 79.9. The molecule has 0 amide bonds. The highest BCUT2D eigenvalue weighted by Crippen LogP contribution is 2.32. The molecule has 0 fully saturated rings. The van der Waals surface area contributed by atoms with Gasteiger partial charge >= 0.3 is 5.97 Å². The van der Waals surface area contributed by atoms with Gasteiger partial charge in [-0.25, -0.2) is 4.79 Å². The van der Waals surface area contributed by atoms with E-state index >= 15 is 0 Å². The molecular formula is C20H18BrNO6. The van der Waals surface area contributed by atoms with Crippen LogP contribution in [-0.4, -0.2) is 32.5 Å². The van der Waals surface area contributed by atoms with Crippen molar-refractivity contribution in [1.29, 1.82) is 0 Å². The molecule has 0 radical (unpaired) electrons. The summed E-state index contributed by atoms with van der Waals surface area (Å²) in [6.07, 6.45) is 0. The highest BCUT2D eigenvalue weighted by Gasteiger charge is 2.15. The van der Waals surface area contributed by atoms with E-state index in [0.29, 0.717) is 38.7 Å². The van der Waals surface area contributed by atoms with E-state index in [1.165, 1.54) is 7.11 Å². The van der Waals surface area contributed by atoms with Crippen molar-refractivity contribution in [2.45, 2.75) is 6.61 Å². The summed E-state index contributed by atoms with van der Waals surface area (Å²) >= 11 is 3.33. The van der Waals surface area contributed by atoms with Gasteiger partial charge in [-0.3, -0.25) is 0 Å². The minimum atomic E-state index is -0.499. The number of carbonyl (C=O) groups is 1. The van der Waals surface area contributed by atoms with Crippen LogP contribution in [0.5, 0.6) is 17.2 Å². The van der Waals surface area contributed by atoms with Crippen LogP contribution in [0.3, 0.4) is 0 Å². The molecule has 0 saturated heterocycles. The quantitative estimate of drug-likeness (QED) is 0.493. The summed E-state index contributed by atoms with van der Waals surface area (Å²) in [5.41, 5.74) is 1.61. The minimum absolute atomic E-state index is 0.0285. The number of nitrogens with zero attached hydrogens (tertiary/aromatic N) is 1. The van der Waals surface area contributed by atoms with Gasteiger partial charge in [0.1, 0.15) is 18.1 Å². The number of hydrogen-bond acceptors (Lipinski definition) is 7. The van der Waals surface area contributed by atoms with Crippen LogP contribution in [0.25, 0.3) is 11.3 Å². The molecule has 146 valence electrons. The Morgan fingerprint density at radius 1 is 1.00 bits per heavy atom. The minimum Gasteiger partial charge on any atom is -0.497 e. The number of hydrogen-bond donors (Lipinski definition) is 0. The maximum Gasteiger partial charge on any atom is 0.339 e. The molecule has 0 bridgehead atoms. The second-order valence-corrected chi connectivity index (χ2v) is 6.53. The van der Waals surface area contributed by atoms with Crippen LogP contribution in [0.4, 0.5) is 0 Å². The van der Waals surface area contributed by atoms with E-state index in [1.807, 2.05) is 6.07 Å². The number of ether oxygens (including phenoxy) is 4. The van der Waals surface area contributed by atoms with E-state index in [9.17, 15) is 4.79 Å². The second-order valence-electron chi connectivity index (χ2n) is 5.67. The third kappa shape index (κ3) is 4.28. The van der Waals surface area contributed by atoms with E-state index in [1.54, 1.807) is 50.6 Å². The lowest BCUT2D eigenvalue weighted by Crippen LogP contribution is -2.06. The monoisotopic (exact) mass is 447 g/mol. The van der Waals surface area contributed by atoms with Crippen molar-refractivity contribution in [3.8, 4) is 28.6 Å². The maximum atomic E-state index is 12.3. The van der Waals surface area contributed by atoms with Crippen LogP contribution in [0.2, 0.25) is 0 Å². The molecule has 8 heteroatoms. The van der Waals surface area contributed by atoms with Crippen LogP contribution < -0.4 is 14.2 Å². The zero-order valence-corrected chi connectivity index (χ0v) is 17.1. The predicted molar refractivity (Wildman–Crippen MR) is 105 cm³/mol. The molecular weight excluding hydrogens is 430 g/mol. The van der Waals surface area contributed by atoms with E-state index in [-0.39, 0.29) is 6.61 Å². The van der Waals surface area contributed by atoms with Crippen molar-refractivity contribution in [3.05, 3.63) is 58.2 Å². The molecule has 0 aliphatic carbocycles. The largest absolute Gasteiger partial charge is 0.497 e. The van der Waals surface area contributed by atoms with Gasteiger partial charge in [0.15, 0.2) is 17.3 Å². The molecule has 2 aromatic carbocycles. The Bertz CT molecular complexity index is 985. The van der Waals surface area contributed by atoms with Crippen molar-refractivity contribution in [2.75, 3.05) is 21.3 Å². The number of halogens is 1. The van der Waals surface area contributed by atoms with Crippen molar-refractivity contribution in [2.24, 2.45) is 0 Å². The summed E-state index contributed by atoms with van der Waals surface area (Å²) in [7, 11) is 4.66. The van der Waals surface area contributed by atoms with Crippen LogP contribution in [0.15, 0.2) is 51.5 Å². The summed E-state index contributed by atoms with van der Waals surface area (Å²) in [5, 5.41) is 3.95. The van der Waals surface area contributed by atoms with Gasteiger partial charge in [-0.15, -0.1) is 0 Å². The molecule has 0 aliphatic rings. The molecule has 7 nitrogen and oxygen atoms in total. The van der Waals surface area contributed by atoms with Gasteiger partial charge < -0.3 is 23.5 Å². The highest BCUT2D eigenvalue weighted by molar-refractivity contribution is 9.10. The van der Waals surface area contributed by atoms with Crippen molar-refractivity contribution < 1.29 is 28.3 Å². The van der Waals surface area contributed by atoms with Gasteiger partial charge in [-0.2, -0.15) is 0 Å². The molecule has 28 heavy (non-hydrogen) atoms. The number of benzene rings is 2. The van der Waals surface area contributed by atoms with E-state index < -0.39 is 5.97 Å². The normalized spacial score (nSPS) is 10.4. The Kier molecular flexibility index (Phi) is 6.20. The maximum absolute atomic E-state index is 12.3. The van der Waals surface area contributed by atoms with Crippen molar-refractivity contribution in [3.63, 3.8) is 0 Å². The second kappa shape index (κ2) is 8.79.